The van der Waals surface area contributed by atoms with Crippen molar-refractivity contribution in [1.82, 2.24) is 9.71 Å². The number of aromatic nitrogens is 1. The number of benzene rings is 1. The molecule has 0 saturated heterocycles. The van der Waals surface area contributed by atoms with E-state index >= 15 is 0 Å². The van der Waals surface area contributed by atoms with Crippen LogP contribution in [0.5, 0.6) is 0 Å². The molecule has 7 nitrogen and oxygen atoms in total. The van der Waals surface area contributed by atoms with Crippen LogP contribution in [0.25, 0.3) is 0 Å². The second kappa shape index (κ2) is 7.23. The Balaban J connectivity index is 2.33. The molecule has 26 heavy (non-hydrogen) atoms. The number of nitriles is 1. The van der Waals surface area contributed by atoms with Gasteiger partial charge in [0.2, 0.25) is 10.0 Å². The first-order valence-corrected chi connectivity index (χ1v) is 8.93. The van der Waals surface area contributed by atoms with Gasteiger partial charge in [-0.25, -0.2) is 21.9 Å². The number of carbonyl (C=O) groups is 1. The van der Waals surface area contributed by atoms with E-state index in [0.29, 0.717) is 0 Å². The highest BCUT2D eigenvalue weighted by atomic mass is 32.2. The lowest BCUT2D eigenvalue weighted by Gasteiger charge is -2.17. The van der Waals surface area contributed by atoms with Gasteiger partial charge in [-0.05, 0) is 26.0 Å². The average molecular weight is 382 g/mol. The first-order valence-electron chi connectivity index (χ1n) is 7.44. The van der Waals surface area contributed by atoms with E-state index in [4.69, 9.17) is 5.26 Å². The number of H-pyrrole nitrogens is 1. The Morgan fingerprint density at radius 1 is 1.31 bits per heavy atom. The van der Waals surface area contributed by atoms with Crippen molar-refractivity contribution in [1.29, 1.82) is 5.26 Å². The van der Waals surface area contributed by atoms with Crippen LogP contribution in [0.2, 0.25) is 0 Å². The molecule has 1 aromatic heterocycles. The maximum absolute atomic E-state index is 13.6. The summed E-state index contributed by atoms with van der Waals surface area (Å²) in [6.07, 6.45) is 1.15. The van der Waals surface area contributed by atoms with Gasteiger partial charge in [0.25, 0.3) is 5.91 Å². The van der Waals surface area contributed by atoms with Crippen LogP contribution in [0.1, 0.15) is 29.9 Å². The molecule has 0 unspecified atom stereocenters. The van der Waals surface area contributed by atoms with Gasteiger partial charge in [-0.3, -0.25) is 4.79 Å². The zero-order chi connectivity index (χ0) is 19.6. The summed E-state index contributed by atoms with van der Waals surface area (Å²) in [4.78, 5) is 15.9. The van der Waals surface area contributed by atoms with Gasteiger partial charge >= 0.3 is 0 Å². The van der Waals surface area contributed by atoms with Crippen LogP contribution in [0.3, 0.4) is 0 Å². The molecular weight excluding hydrogens is 366 g/mol. The minimum atomic E-state index is -3.79. The van der Waals surface area contributed by atoms with Crippen molar-refractivity contribution in [2.24, 2.45) is 0 Å². The number of hydrogen-bond donors (Lipinski definition) is 2. The van der Waals surface area contributed by atoms with Crippen LogP contribution in [-0.2, 0) is 10.0 Å². The molecule has 0 aliphatic rings. The fourth-order valence-corrected chi connectivity index (χ4v) is 3.42. The van der Waals surface area contributed by atoms with Crippen LogP contribution in [0.4, 0.5) is 14.5 Å². The zero-order valence-electron chi connectivity index (χ0n) is 14.2. The molecule has 0 bridgehead atoms. The van der Waals surface area contributed by atoms with Gasteiger partial charge in [0.05, 0.1) is 5.56 Å². The number of hydrogen-bond acceptors (Lipinski definition) is 4. The van der Waals surface area contributed by atoms with Gasteiger partial charge in [-0.2, -0.15) is 5.26 Å². The highest BCUT2D eigenvalue weighted by molar-refractivity contribution is 7.89. The van der Waals surface area contributed by atoms with Crippen molar-refractivity contribution < 1.29 is 22.0 Å². The highest BCUT2D eigenvalue weighted by Gasteiger charge is 2.22. The third kappa shape index (κ3) is 3.89. The molecule has 0 atom stereocenters. The van der Waals surface area contributed by atoms with Gasteiger partial charge < -0.3 is 9.88 Å². The molecule has 2 rings (SSSR count). The molecule has 0 aliphatic heterocycles. The zero-order valence-corrected chi connectivity index (χ0v) is 15.0. The number of nitrogens with zero attached hydrogens (tertiary/aromatic N) is 2. The maximum atomic E-state index is 13.6. The molecule has 1 aromatic carbocycles. The summed E-state index contributed by atoms with van der Waals surface area (Å²) in [5.41, 5.74) is -0.667. The molecule has 0 fully saturated rings. The third-order valence-electron chi connectivity index (χ3n) is 3.41. The first-order chi connectivity index (χ1) is 12.1. The number of aromatic amines is 1. The standard InChI is InChI=1S/C16H16F2N4O3S/c1-9(2)21-26(24,25)12-6-14(20-8-12)16(23)22(3)11-4-10(7-19)15(18)13(17)5-11/h4-6,8-9,20-21H,1-3H3. The smallest absolute Gasteiger partial charge is 0.274 e. The fourth-order valence-electron chi connectivity index (χ4n) is 2.18. The Bertz CT molecular complexity index is 993. The lowest BCUT2D eigenvalue weighted by Crippen LogP contribution is -2.30. The second-order valence-corrected chi connectivity index (χ2v) is 7.50. The van der Waals surface area contributed by atoms with E-state index in [1.165, 1.54) is 13.1 Å². The molecule has 2 aromatic rings. The molecule has 0 spiro atoms. The number of nitrogens with one attached hydrogen (secondary N) is 2. The molecule has 0 saturated carbocycles. The molecule has 1 heterocycles. The van der Waals surface area contributed by atoms with E-state index in [-0.39, 0.29) is 22.3 Å². The van der Waals surface area contributed by atoms with Crippen LogP contribution < -0.4 is 9.62 Å². The monoisotopic (exact) mass is 382 g/mol. The summed E-state index contributed by atoms with van der Waals surface area (Å²) in [6.45, 7) is 3.31. The van der Waals surface area contributed by atoms with Crippen LogP contribution in [0.15, 0.2) is 29.3 Å². The molecule has 0 radical (unpaired) electrons. The van der Waals surface area contributed by atoms with Crippen molar-refractivity contribution >= 4 is 21.6 Å². The summed E-state index contributed by atoms with van der Waals surface area (Å²) in [5, 5.41) is 8.83. The van der Waals surface area contributed by atoms with Gasteiger partial charge in [-0.15, -0.1) is 0 Å². The van der Waals surface area contributed by atoms with Crippen LogP contribution in [0, 0.1) is 23.0 Å². The van der Waals surface area contributed by atoms with Crippen molar-refractivity contribution in [3.8, 4) is 6.07 Å². The summed E-state index contributed by atoms with van der Waals surface area (Å²) in [5.74, 6) is -3.26. The van der Waals surface area contributed by atoms with Crippen molar-refractivity contribution in [3.63, 3.8) is 0 Å². The molecule has 10 heteroatoms. The average Bonchev–Trinajstić information content (AvgIpc) is 3.05. The van der Waals surface area contributed by atoms with E-state index in [9.17, 15) is 22.0 Å². The fraction of sp³-hybridized carbons (Fsp3) is 0.250. The minimum absolute atomic E-state index is 0.0511. The maximum Gasteiger partial charge on any atom is 0.274 e. The number of carbonyl (C=O) groups excluding carboxylic acids is 1. The van der Waals surface area contributed by atoms with E-state index in [1.54, 1.807) is 13.8 Å². The topological polar surface area (TPSA) is 106 Å². The van der Waals surface area contributed by atoms with Gasteiger partial charge in [0.15, 0.2) is 11.6 Å². The van der Waals surface area contributed by atoms with Gasteiger partial charge in [0, 0.05) is 31.0 Å². The third-order valence-corrected chi connectivity index (χ3v) is 5.05. The molecular formula is C16H16F2N4O3S. The lowest BCUT2D eigenvalue weighted by atomic mass is 10.1. The Morgan fingerprint density at radius 2 is 1.96 bits per heavy atom. The number of rotatable bonds is 5. The van der Waals surface area contributed by atoms with Gasteiger partial charge in [0.1, 0.15) is 16.7 Å². The number of sulfonamides is 1. The second-order valence-electron chi connectivity index (χ2n) is 5.79. The number of anilines is 1. The molecule has 2 N–H and O–H groups in total. The molecule has 0 aliphatic carbocycles. The first kappa shape index (κ1) is 19.6. The normalized spacial score (nSPS) is 11.4. The van der Waals surface area contributed by atoms with E-state index in [2.05, 4.69) is 9.71 Å². The summed E-state index contributed by atoms with van der Waals surface area (Å²) in [7, 11) is -2.50. The van der Waals surface area contributed by atoms with Crippen molar-refractivity contribution in [3.05, 3.63) is 47.3 Å². The Morgan fingerprint density at radius 3 is 2.54 bits per heavy atom. The minimum Gasteiger partial charge on any atom is -0.356 e. The SMILES string of the molecule is CC(C)NS(=O)(=O)c1c[nH]c(C(=O)N(C)c2cc(F)c(F)c(C#N)c2)c1. The summed E-state index contributed by atoms with van der Waals surface area (Å²) >= 11 is 0. The van der Waals surface area contributed by atoms with Crippen molar-refractivity contribution in [2.75, 3.05) is 11.9 Å². The quantitative estimate of drug-likeness (QED) is 0.826. The summed E-state index contributed by atoms with van der Waals surface area (Å²) < 4.78 is 53.6. The van der Waals surface area contributed by atoms with Crippen molar-refractivity contribution in [2.45, 2.75) is 24.8 Å². The number of halogens is 2. The largest absolute Gasteiger partial charge is 0.356 e. The Labute approximate surface area is 149 Å². The Hall–Kier alpha value is -2.77. The summed E-state index contributed by atoms with van der Waals surface area (Å²) in [6, 6.07) is 4.10. The van der Waals surface area contributed by atoms with Crippen LogP contribution in [-0.4, -0.2) is 32.4 Å². The van der Waals surface area contributed by atoms with Gasteiger partial charge in [-0.1, -0.05) is 0 Å². The Kier molecular flexibility index (Phi) is 5.44. The lowest BCUT2D eigenvalue weighted by molar-refractivity contribution is 0.0988. The molecule has 138 valence electrons. The predicted molar refractivity (Wildman–Crippen MR) is 90.1 cm³/mol. The van der Waals surface area contributed by atoms with E-state index in [0.717, 1.165) is 29.3 Å². The molecule has 1 amide bonds. The van der Waals surface area contributed by atoms with E-state index < -0.39 is 33.1 Å². The highest BCUT2D eigenvalue weighted by Crippen LogP contribution is 2.22. The number of amides is 1. The predicted octanol–water partition coefficient (Wildman–Crippen LogP) is 2.13. The van der Waals surface area contributed by atoms with E-state index in [1.807, 2.05) is 0 Å². The van der Waals surface area contributed by atoms with Crippen LogP contribution >= 0.6 is 0 Å².